The Morgan fingerprint density at radius 2 is 1.92 bits per heavy atom. The highest BCUT2D eigenvalue weighted by molar-refractivity contribution is 7.13. The van der Waals surface area contributed by atoms with Crippen molar-refractivity contribution in [3.63, 3.8) is 0 Å². The van der Waals surface area contributed by atoms with Gasteiger partial charge in [-0.25, -0.2) is 4.98 Å². The molecular formula is C19H25Cl2N3OS. The number of hydrogen-bond acceptors (Lipinski definition) is 4. The van der Waals surface area contributed by atoms with E-state index in [2.05, 4.69) is 41.5 Å². The molecule has 0 aliphatic carbocycles. The minimum Gasteiger partial charge on any atom is -0.341 e. The number of carbonyl (C=O) groups excluding carboxylic acids is 1. The predicted molar refractivity (Wildman–Crippen MR) is 112 cm³/mol. The summed E-state index contributed by atoms with van der Waals surface area (Å²) in [6, 6.07) is 9.48. The van der Waals surface area contributed by atoms with Crippen LogP contribution in [0.4, 0.5) is 0 Å². The maximum absolute atomic E-state index is 12.6. The van der Waals surface area contributed by atoms with Gasteiger partial charge in [0.2, 0.25) is 5.91 Å². The minimum absolute atomic E-state index is 0. The average molecular weight is 414 g/mol. The molecule has 0 spiro atoms. The summed E-state index contributed by atoms with van der Waals surface area (Å²) in [7, 11) is 0. The van der Waals surface area contributed by atoms with E-state index in [9.17, 15) is 4.79 Å². The topological polar surface area (TPSA) is 45.2 Å². The Kier molecular flexibility index (Phi) is 7.47. The molecule has 2 unspecified atom stereocenters. The zero-order valence-electron chi connectivity index (χ0n) is 14.8. The van der Waals surface area contributed by atoms with Crippen molar-refractivity contribution in [3.8, 4) is 10.6 Å². The Morgan fingerprint density at radius 3 is 2.69 bits per heavy atom. The number of hydrogen-bond donors (Lipinski definition) is 1. The normalized spacial score (nSPS) is 21.5. The number of rotatable bonds is 3. The van der Waals surface area contributed by atoms with Gasteiger partial charge < -0.3 is 10.2 Å². The van der Waals surface area contributed by atoms with Gasteiger partial charge in [0.1, 0.15) is 5.01 Å². The van der Waals surface area contributed by atoms with Crippen LogP contribution in [0.3, 0.4) is 0 Å². The van der Waals surface area contributed by atoms with Crippen molar-refractivity contribution in [1.29, 1.82) is 0 Å². The summed E-state index contributed by atoms with van der Waals surface area (Å²) < 4.78 is 0. The van der Waals surface area contributed by atoms with Crippen molar-refractivity contribution in [2.24, 2.45) is 0 Å². The molecule has 1 aromatic heterocycles. The number of thiazole rings is 1. The van der Waals surface area contributed by atoms with Gasteiger partial charge in [0.25, 0.3) is 0 Å². The van der Waals surface area contributed by atoms with Gasteiger partial charge in [-0.05, 0) is 26.2 Å². The fraction of sp³-hybridized carbons (Fsp3) is 0.474. The van der Waals surface area contributed by atoms with Crippen molar-refractivity contribution in [2.75, 3.05) is 13.1 Å². The Morgan fingerprint density at radius 1 is 1.19 bits per heavy atom. The number of carbonyl (C=O) groups is 1. The van der Waals surface area contributed by atoms with Crippen molar-refractivity contribution >= 4 is 42.1 Å². The molecule has 1 amide bonds. The molecule has 2 atom stereocenters. The average Bonchev–Trinajstić information content (AvgIpc) is 3.14. The smallest absolute Gasteiger partial charge is 0.228 e. The van der Waals surface area contributed by atoms with Crippen LogP contribution in [0.1, 0.15) is 30.5 Å². The highest BCUT2D eigenvalue weighted by atomic mass is 35.5. The molecule has 2 aliphatic rings. The summed E-state index contributed by atoms with van der Waals surface area (Å²) >= 11 is 1.62. The fourth-order valence-electron chi connectivity index (χ4n) is 3.65. The quantitative estimate of drug-likeness (QED) is 0.830. The van der Waals surface area contributed by atoms with Crippen LogP contribution >= 0.6 is 36.2 Å². The first kappa shape index (κ1) is 21.2. The van der Waals surface area contributed by atoms with Gasteiger partial charge in [-0.3, -0.25) is 4.79 Å². The SMILES string of the molecule is Cc1ccc(-c2nc(CC(=O)N3CCC4CCC(C3)N4)cs2)cc1.Cl.Cl. The first-order chi connectivity index (χ1) is 11.7. The van der Waals surface area contributed by atoms with Crippen molar-refractivity contribution in [1.82, 2.24) is 15.2 Å². The van der Waals surface area contributed by atoms with Gasteiger partial charge in [-0.1, -0.05) is 29.8 Å². The van der Waals surface area contributed by atoms with E-state index < -0.39 is 0 Å². The Bertz CT molecular complexity index is 735. The molecule has 2 aliphatic heterocycles. The second-order valence-electron chi connectivity index (χ2n) is 6.95. The van der Waals surface area contributed by atoms with Gasteiger partial charge in [-0.15, -0.1) is 36.2 Å². The lowest BCUT2D eigenvalue weighted by molar-refractivity contribution is -0.130. The standard InChI is InChI=1S/C19H23N3OS.2ClH/c1-13-2-4-14(5-3-13)19-21-17(12-24-19)10-18(23)22-9-8-15-6-7-16(11-22)20-15;;/h2-5,12,15-16,20H,6-11H2,1H3;2*1H. The lowest BCUT2D eigenvalue weighted by atomic mass is 10.1. The summed E-state index contributed by atoms with van der Waals surface area (Å²) in [5, 5.41) is 6.64. The molecule has 1 N–H and O–H groups in total. The molecule has 0 radical (unpaired) electrons. The van der Waals surface area contributed by atoms with E-state index in [4.69, 9.17) is 0 Å². The van der Waals surface area contributed by atoms with Crippen LogP contribution in [0.5, 0.6) is 0 Å². The Hall–Kier alpha value is -1.14. The molecule has 2 saturated heterocycles. The Labute approximate surface area is 171 Å². The number of aromatic nitrogens is 1. The van der Waals surface area contributed by atoms with Crippen LogP contribution in [-0.4, -0.2) is 41.0 Å². The second-order valence-corrected chi connectivity index (χ2v) is 7.81. The summed E-state index contributed by atoms with van der Waals surface area (Å²) in [5.74, 6) is 0.213. The van der Waals surface area contributed by atoms with Crippen LogP contribution in [0.15, 0.2) is 29.6 Å². The molecular weight excluding hydrogens is 389 g/mol. The fourth-order valence-corrected chi connectivity index (χ4v) is 4.48. The molecule has 0 saturated carbocycles. The molecule has 3 heterocycles. The zero-order chi connectivity index (χ0) is 16.5. The maximum Gasteiger partial charge on any atom is 0.228 e. The lowest BCUT2D eigenvalue weighted by Crippen LogP contribution is -2.39. The summed E-state index contributed by atoms with van der Waals surface area (Å²) in [4.78, 5) is 19.4. The number of nitrogens with one attached hydrogen (secondary N) is 1. The van der Waals surface area contributed by atoms with Crippen molar-refractivity contribution in [2.45, 2.75) is 44.7 Å². The minimum atomic E-state index is 0. The third-order valence-electron chi connectivity index (χ3n) is 5.06. The van der Waals surface area contributed by atoms with Crippen molar-refractivity contribution < 1.29 is 4.79 Å². The van der Waals surface area contributed by atoms with Gasteiger partial charge >= 0.3 is 0 Å². The summed E-state index contributed by atoms with van der Waals surface area (Å²) in [6.45, 7) is 3.81. The van der Waals surface area contributed by atoms with E-state index in [1.54, 1.807) is 11.3 Å². The first-order valence-corrected chi connectivity index (χ1v) is 9.60. The highest BCUT2D eigenvalue weighted by Gasteiger charge is 2.31. The molecule has 2 fully saturated rings. The molecule has 2 bridgehead atoms. The summed E-state index contributed by atoms with van der Waals surface area (Å²) in [5.41, 5.74) is 3.26. The number of fused-ring (bicyclic) bond motifs is 2. The number of amides is 1. The van der Waals surface area contributed by atoms with Gasteiger partial charge in [0, 0.05) is 36.1 Å². The zero-order valence-corrected chi connectivity index (χ0v) is 17.3. The largest absolute Gasteiger partial charge is 0.341 e. The summed E-state index contributed by atoms with van der Waals surface area (Å²) in [6.07, 6.45) is 3.95. The molecule has 142 valence electrons. The molecule has 26 heavy (non-hydrogen) atoms. The molecule has 1 aromatic carbocycles. The van der Waals surface area contributed by atoms with E-state index in [1.807, 2.05) is 10.3 Å². The predicted octanol–water partition coefficient (Wildman–Crippen LogP) is 3.86. The van der Waals surface area contributed by atoms with Crippen LogP contribution in [-0.2, 0) is 11.2 Å². The Balaban J connectivity index is 0.00000121. The van der Waals surface area contributed by atoms with Crippen LogP contribution < -0.4 is 5.32 Å². The van der Waals surface area contributed by atoms with Gasteiger partial charge in [-0.2, -0.15) is 0 Å². The lowest BCUT2D eigenvalue weighted by Gasteiger charge is -2.24. The number of halogens is 2. The second kappa shape index (κ2) is 9.18. The van der Waals surface area contributed by atoms with Crippen LogP contribution in [0.25, 0.3) is 10.6 Å². The third-order valence-corrected chi connectivity index (χ3v) is 6.00. The third kappa shape index (κ3) is 4.77. The molecule has 2 aromatic rings. The maximum atomic E-state index is 12.6. The number of benzene rings is 1. The van der Waals surface area contributed by atoms with E-state index in [0.29, 0.717) is 18.5 Å². The number of likely N-dealkylation sites (tertiary alicyclic amines) is 1. The first-order valence-electron chi connectivity index (χ1n) is 8.72. The van der Waals surface area contributed by atoms with E-state index >= 15 is 0 Å². The number of nitrogens with zero attached hydrogens (tertiary/aromatic N) is 2. The van der Waals surface area contributed by atoms with Gasteiger partial charge in [0.05, 0.1) is 12.1 Å². The number of aryl methyl sites for hydroxylation is 1. The molecule has 7 heteroatoms. The molecule has 4 nitrogen and oxygen atoms in total. The van der Waals surface area contributed by atoms with E-state index in [0.717, 1.165) is 35.8 Å². The van der Waals surface area contributed by atoms with Crippen LogP contribution in [0.2, 0.25) is 0 Å². The highest BCUT2D eigenvalue weighted by Crippen LogP contribution is 2.25. The van der Waals surface area contributed by atoms with E-state index in [-0.39, 0.29) is 30.7 Å². The van der Waals surface area contributed by atoms with Crippen molar-refractivity contribution in [3.05, 3.63) is 40.9 Å². The molecule has 4 rings (SSSR count). The van der Waals surface area contributed by atoms with Gasteiger partial charge in [0.15, 0.2) is 0 Å². The van der Waals surface area contributed by atoms with Crippen LogP contribution in [0, 0.1) is 6.92 Å². The van der Waals surface area contributed by atoms with E-state index in [1.165, 1.54) is 18.4 Å². The monoisotopic (exact) mass is 413 g/mol.